The van der Waals surface area contributed by atoms with E-state index in [0.717, 1.165) is 30.8 Å². The molecule has 7 nitrogen and oxygen atoms in total. The zero-order chi connectivity index (χ0) is 23.5. The number of aryl methyl sites for hydroxylation is 1. The van der Waals surface area contributed by atoms with Gasteiger partial charge in [-0.3, -0.25) is 19.3 Å². The molecule has 33 heavy (non-hydrogen) atoms. The molecule has 0 unspecified atom stereocenters. The second-order valence-corrected chi connectivity index (χ2v) is 8.59. The van der Waals surface area contributed by atoms with Crippen LogP contribution >= 0.6 is 0 Å². The maximum Gasteiger partial charge on any atom is 0.278 e. The molecule has 0 aromatic heterocycles. The smallest absolute Gasteiger partial charge is 0.278 e. The second-order valence-electron chi connectivity index (χ2n) is 8.59. The average molecular weight is 447 g/mol. The molecular formula is C26H30N4O3. The quantitative estimate of drug-likeness (QED) is 0.691. The Morgan fingerprint density at radius 1 is 0.909 bits per heavy atom. The molecule has 0 saturated carbocycles. The van der Waals surface area contributed by atoms with Gasteiger partial charge in [0.15, 0.2) is 0 Å². The molecular weight excluding hydrogens is 416 g/mol. The number of amides is 3. The van der Waals surface area contributed by atoms with Crippen LogP contribution in [0.2, 0.25) is 0 Å². The first-order valence-corrected chi connectivity index (χ1v) is 11.4. The highest BCUT2D eigenvalue weighted by atomic mass is 16.2. The highest BCUT2D eigenvalue weighted by Gasteiger charge is 2.42. The minimum Gasteiger partial charge on any atom is -0.364 e. The Labute approximate surface area is 194 Å². The van der Waals surface area contributed by atoms with Crippen LogP contribution in [0.1, 0.15) is 30.5 Å². The van der Waals surface area contributed by atoms with Gasteiger partial charge in [-0.15, -0.1) is 0 Å². The number of rotatable bonds is 6. The van der Waals surface area contributed by atoms with E-state index in [1.54, 1.807) is 24.3 Å². The molecule has 0 spiro atoms. The Kier molecular flexibility index (Phi) is 6.60. The molecule has 1 N–H and O–H groups in total. The topological polar surface area (TPSA) is 73.0 Å². The fourth-order valence-corrected chi connectivity index (χ4v) is 4.35. The van der Waals surface area contributed by atoms with Crippen molar-refractivity contribution in [3.05, 3.63) is 70.9 Å². The Balaban J connectivity index is 1.68. The lowest BCUT2D eigenvalue weighted by molar-refractivity contribution is -0.138. The van der Waals surface area contributed by atoms with Crippen molar-refractivity contribution in [2.24, 2.45) is 0 Å². The summed E-state index contributed by atoms with van der Waals surface area (Å²) in [7, 11) is 0. The molecule has 0 radical (unpaired) electrons. The van der Waals surface area contributed by atoms with E-state index < -0.39 is 0 Å². The third-order valence-electron chi connectivity index (χ3n) is 6.23. The third kappa shape index (κ3) is 4.83. The van der Waals surface area contributed by atoms with Gasteiger partial charge < -0.3 is 15.1 Å². The van der Waals surface area contributed by atoms with Gasteiger partial charge in [0.05, 0.1) is 12.1 Å². The van der Waals surface area contributed by atoms with E-state index >= 15 is 0 Å². The summed E-state index contributed by atoms with van der Waals surface area (Å²) in [6.07, 6.45) is 0. The molecule has 3 amide bonds. The zero-order valence-corrected chi connectivity index (χ0v) is 19.4. The molecule has 2 aromatic carbocycles. The average Bonchev–Trinajstić information content (AvgIpc) is 3.05. The van der Waals surface area contributed by atoms with Gasteiger partial charge >= 0.3 is 0 Å². The summed E-state index contributed by atoms with van der Waals surface area (Å²) in [5, 5.41) is 2.74. The van der Waals surface area contributed by atoms with Crippen LogP contribution in [0.5, 0.6) is 0 Å². The summed E-state index contributed by atoms with van der Waals surface area (Å²) >= 11 is 0. The highest BCUT2D eigenvalue weighted by Crippen LogP contribution is 2.33. The largest absolute Gasteiger partial charge is 0.364 e. The molecule has 4 rings (SSSR count). The van der Waals surface area contributed by atoms with Crippen LogP contribution in [-0.2, 0) is 20.9 Å². The van der Waals surface area contributed by atoms with Crippen molar-refractivity contribution >= 4 is 29.0 Å². The normalized spacial score (nSPS) is 17.2. The summed E-state index contributed by atoms with van der Waals surface area (Å²) in [5.74, 6) is -0.680. The van der Waals surface area contributed by atoms with E-state index in [9.17, 15) is 14.4 Å². The molecule has 2 heterocycles. The van der Waals surface area contributed by atoms with Gasteiger partial charge in [-0.1, -0.05) is 48.9 Å². The molecule has 1 saturated heterocycles. The van der Waals surface area contributed by atoms with Crippen molar-refractivity contribution in [2.45, 2.75) is 27.3 Å². The van der Waals surface area contributed by atoms with Gasteiger partial charge in [0.1, 0.15) is 5.70 Å². The fraction of sp³-hybridized carbons (Fsp3) is 0.346. The first-order valence-electron chi connectivity index (χ1n) is 11.4. The molecule has 2 aliphatic heterocycles. The summed E-state index contributed by atoms with van der Waals surface area (Å²) in [4.78, 5) is 44.2. The van der Waals surface area contributed by atoms with Crippen LogP contribution in [-0.4, -0.2) is 65.1 Å². The monoisotopic (exact) mass is 446 g/mol. The summed E-state index contributed by atoms with van der Waals surface area (Å²) in [5.41, 5.74) is 4.30. The zero-order valence-electron chi connectivity index (χ0n) is 19.4. The van der Waals surface area contributed by atoms with Gasteiger partial charge in [0.2, 0.25) is 5.91 Å². The summed E-state index contributed by atoms with van der Waals surface area (Å²) in [6.45, 7) is 9.91. The predicted molar refractivity (Wildman–Crippen MR) is 128 cm³/mol. The van der Waals surface area contributed by atoms with E-state index in [0.29, 0.717) is 35.6 Å². The van der Waals surface area contributed by atoms with E-state index in [1.807, 2.05) is 31.2 Å². The van der Waals surface area contributed by atoms with Gasteiger partial charge in [-0.05, 0) is 36.7 Å². The maximum absolute atomic E-state index is 13.6. The van der Waals surface area contributed by atoms with Crippen LogP contribution in [0, 0.1) is 6.92 Å². The van der Waals surface area contributed by atoms with E-state index in [4.69, 9.17) is 0 Å². The number of nitrogens with zero attached hydrogens (tertiary/aromatic N) is 3. The van der Waals surface area contributed by atoms with Crippen molar-refractivity contribution in [1.29, 1.82) is 0 Å². The van der Waals surface area contributed by atoms with Crippen molar-refractivity contribution in [3.63, 3.8) is 0 Å². The molecule has 2 aromatic rings. The molecule has 1 fully saturated rings. The van der Waals surface area contributed by atoms with Gasteiger partial charge in [0, 0.05) is 38.8 Å². The van der Waals surface area contributed by atoms with Gasteiger partial charge in [-0.2, -0.15) is 0 Å². The van der Waals surface area contributed by atoms with Crippen molar-refractivity contribution < 1.29 is 14.4 Å². The molecule has 172 valence electrons. The number of anilines is 1. The highest BCUT2D eigenvalue weighted by molar-refractivity contribution is 6.35. The minimum atomic E-state index is -0.277. The summed E-state index contributed by atoms with van der Waals surface area (Å²) < 4.78 is 0. The molecule has 0 bridgehead atoms. The number of imide groups is 1. The number of hydrogen-bond donors (Lipinski definition) is 1. The van der Waals surface area contributed by atoms with E-state index in [-0.39, 0.29) is 24.3 Å². The maximum atomic E-state index is 13.6. The summed E-state index contributed by atoms with van der Waals surface area (Å²) in [6, 6.07) is 15.0. The van der Waals surface area contributed by atoms with Crippen LogP contribution in [0.3, 0.4) is 0 Å². The number of likely N-dealkylation sites (N-methyl/N-ethyl adjacent to an activating group) is 1. The van der Waals surface area contributed by atoms with Crippen LogP contribution in [0.15, 0.2) is 54.2 Å². The standard InChI is InChI=1S/C26H30N4O3/c1-4-28-13-15-29(16-14-28)24-23(21-9-11-22(12-10-21)27-19(3)31)25(32)30(26(24)33)17-20-7-5-18(2)6-8-20/h5-12H,4,13-17H2,1-3H3,(H,27,31). The number of benzene rings is 2. The lowest BCUT2D eigenvalue weighted by atomic mass is 10.0. The number of hydrogen-bond acceptors (Lipinski definition) is 5. The second kappa shape index (κ2) is 9.58. The molecule has 0 atom stereocenters. The SMILES string of the molecule is CCN1CCN(C2=C(c3ccc(NC(C)=O)cc3)C(=O)N(Cc3ccc(C)cc3)C2=O)CC1. The van der Waals surface area contributed by atoms with Gasteiger partial charge in [-0.25, -0.2) is 0 Å². The number of nitrogens with one attached hydrogen (secondary N) is 1. The fourth-order valence-electron chi connectivity index (χ4n) is 4.35. The number of piperazine rings is 1. The van der Waals surface area contributed by atoms with E-state index in [1.165, 1.54) is 11.8 Å². The first-order chi connectivity index (χ1) is 15.9. The Hall–Kier alpha value is -3.45. The van der Waals surface area contributed by atoms with Crippen LogP contribution in [0.4, 0.5) is 5.69 Å². The Morgan fingerprint density at radius 2 is 1.55 bits per heavy atom. The molecule has 2 aliphatic rings. The minimum absolute atomic E-state index is 0.159. The van der Waals surface area contributed by atoms with Crippen LogP contribution in [0.25, 0.3) is 5.57 Å². The third-order valence-corrected chi connectivity index (χ3v) is 6.23. The van der Waals surface area contributed by atoms with Crippen molar-refractivity contribution in [2.75, 3.05) is 38.0 Å². The van der Waals surface area contributed by atoms with Crippen LogP contribution < -0.4 is 5.32 Å². The Morgan fingerprint density at radius 3 is 2.12 bits per heavy atom. The Bertz CT molecular complexity index is 1080. The number of carbonyl (C=O) groups is 3. The molecule has 7 heteroatoms. The predicted octanol–water partition coefficient (Wildman–Crippen LogP) is 2.87. The van der Waals surface area contributed by atoms with Gasteiger partial charge in [0.25, 0.3) is 11.8 Å². The first kappa shape index (κ1) is 22.7. The number of carbonyl (C=O) groups excluding carboxylic acids is 3. The lowest BCUT2D eigenvalue weighted by Crippen LogP contribution is -2.47. The van der Waals surface area contributed by atoms with E-state index in [2.05, 4.69) is 22.0 Å². The lowest BCUT2D eigenvalue weighted by Gasteiger charge is -2.36. The van der Waals surface area contributed by atoms with Crippen molar-refractivity contribution in [3.8, 4) is 0 Å². The molecule has 0 aliphatic carbocycles. The van der Waals surface area contributed by atoms with Crippen molar-refractivity contribution in [1.82, 2.24) is 14.7 Å².